The second-order valence-electron chi connectivity index (χ2n) is 7.46. The van der Waals surface area contributed by atoms with Crippen LogP contribution in [0.25, 0.3) is 11.1 Å². The summed E-state index contributed by atoms with van der Waals surface area (Å²) in [4.78, 5) is 12.1. The van der Waals surface area contributed by atoms with Crippen LogP contribution in [0.3, 0.4) is 0 Å². The molecule has 0 atom stereocenters. The topological polar surface area (TPSA) is 119 Å². The lowest BCUT2D eigenvalue weighted by atomic mass is 10.0. The molecule has 178 valence electrons. The number of aromatic carboxylic acids is 1. The van der Waals surface area contributed by atoms with Crippen LogP contribution >= 0.6 is 11.3 Å². The van der Waals surface area contributed by atoms with E-state index in [2.05, 4.69) is 5.16 Å². The largest absolute Gasteiger partial charge is 0.478 e. The monoisotopic (exact) mass is 494 g/mol. The van der Waals surface area contributed by atoms with Crippen LogP contribution in [0.15, 0.2) is 33.0 Å². The van der Waals surface area contributed by atoms with Crippen molar-refractivity contribution in [3.05, 3.63) is 51.6 Å². The van der Waals surface area contributed by atoms with Crippen LogP contribution in [0.5, 0.6) is 0 Å². The molecule has 9 nitrogen and oxygen atoms in total. The SMILES string of the molecule is COCCOCN(c1noc(C)c1C)S(=O)(=O)c1sc(C)cc1-c1ccc(C(=O)O)cc1C. The molecule has 0 spiro atoms. The molecule has 0 fully saturated rings. The van der Waals surface area contributed by atoms with Crippen LogP contribution < -0.4 is 4.31 Å². The van der Waals surface area contributed by atoms with E-state index in [1.165, 1.54) is 19.2 Å². The van der Waals surface area contributed by atoms with Crippen LogP contribution in [0.4, 0.5) is 5.82 Å². The number of benzene rings is 1. The number of carboxylic acid groups (broad SMARTS) is 1. The Bertz CT molecular complexity index is 1260. The number of carbonyl (C=O) groups is 1. The highest BCUT2D eigenvalue weighted by Gasteiger charge is 2.34. The van der Waals surface area contributed by atoms with E-state index in [-0.39, 0.29) is 28.9 Å². The fourth-order valence-electron chi connectivity index (χ4n) is 3.24. The summed E-state index contributed by atoms with van der Waals surface area (Å²) in [6.45, 7) is 7.24. The molecule has 0 bridgehead atoms. The maximum absolute atomic E-state index is 13.9. The highest BCUT2D eigenvalue weighted by Crippen LogP contribution is 2.40. The minimum absolute atomic E-state index is 0.113. The molecule has 33 heavy (non-hydrogen) atoms. The van der Waals surface area contributed by atoms with Gasteiger partial charge in [0.05, 0.1) is 18.8 Å². The molecule has 1 aromatic carbocycles. The molecular weight excluding hydrogens is 468 g/mol. The number of ether oxygens (including phenoxy) is 2. The molecule has 0 unspecified atom stereocenters. The molecule has 0 amide bonds. The molecule has 2 heterocycles. The maximum Gasteiger partial charge on any atom is 0.335 e. The lowest BCUT2D eigenvalue weighted by Crippen LogP contribution is -2.34. The van der Waals surface area contributed by atoms with Crippen LogP contribution in [0.1, 0.15) is 32.1 Å². The molecule has 11 heteroatoms. The molecule has 2 aromatic heterocycles. The number of methoxy groups -OCH3 is 1. The summed E-state index contributed by atoms with van der Waals surface area (Å²) in [5, 5.41) is 13.2. The van der Waals surface area contributed by atoms with Crippen LogP contribution in [0, 0.1) is 27.7 Å². The summed E-state index contributed by atoms with van der Waals surface area (Å²) in [5.41, 5.74) is 2.50. The Morgan fingerprint density at radius 2 is 1.88 bits per heavy atom. The van der Waals surface area contributed by atoms with Gasteiger partial charge in [-0.15, -0.1) is 11.3 Å². The molecule has 0 saturated carbocycles. The fraction of sp³-hybridized carbons (Fsp3) is 0.364. The van der Waals surface area contributed by atoms with Gasteiger partial charge in [-0.1, -0.05) is 11.2 Å². The summed E-state index contributed by atoms with van der Waals surface area (Å²) in [5.74, 6) is -0.389. The predicted octanol–water partition coefficient (Wildman–Crippen LogP) is 4.15. The number of hydrogen-bond donors (Lipinski definition) is 1. The average molecular weight is 495 g/mol. The van der Waals surface area contributed by atoms with Crippen molar-refractivity contribution >= 4 is 33.1 Å². The van der Waals surface area contributed by atoms with Crippen LogP contribution in [0.2, 0.25) is 0 Å². The minimum atomic E-state index is -4.10. The smallest absolute Gasteiger partial charge is 0.335 e. The summed E-state index contributed by atoms with van der Waals surface area (Å²) in [7, 11) is -2.57. The number of hydrogen-bond acceptors (Lipinski definition) is 8. The Morgan fingerprint density at radius 3 is 2.45 bits per heavy atom. The molecule has 3 rings (SSSR count). The Balaban J connectivity index is 2.11. The van der Waals surface area contributed by atoms with E-state index in [1.807, 2.05) is 6.92 Å². The molecule has 1 N–H and O–H groups in total. The standard InChI is InChI=1S/C22H26N2O7S2/c1-13-10-17(21(25)26)6-7-18(13)19-11-14(2)32-22(19)33(27,28)24(12-30-9-8-29-5)20-15(3)16(4)31-23-20/h6-7,10-11H,8-9,12H2,1-5H3,(H,25,26). The van der Waals surface area contributed by atoms with E-state index in [4.69, 9.17) is 14.0 Å². The highest BCUT2D eigenvalue weighted by atomic mass is 32.2. The first-order valence-electron chi connectivity index (χ1n) is 10.0. The Morgan fingerprint density at radius 1 is 1.15 bits per heavy atom. The lowest BCUT2D eigenvalue weighted by molar-refractivity contribution is 0.0696. The average Bonchev–Trinajstić information content (AvgIpc) is 3.31. The van der Waals surface area contributed by atoms with Crippen LogP contribution in [-0.2, 0) is 19.5 Å². The predicted molar refractivity (Wildman–Crippen MR) is 125 cm³/mol. The van der Waals surface area contributed by atoms with E-state index in [1.54, 1.807) is 32.9 Å². The van der Waals surface area contributed by atoms with Gasteiger partial charge in [0.2, 0.25) is 0 Å². The van der Waals surface area contributed by atoms with Gasteiger partial charge in [0.15, 0.2) is 5.82 Å². The fourth-order valence-corrected chi connectivity index (χ4v) is 6.34. The quantitative estimate of drug-likeness (QED) is 0.330. The van der Waals surface area contributed by atoms with Gasteiger partial charge in [-0.3, -0.25) is 0 Å². The number of aromatic nitrogens is 1. The van der Waals surface area contributed by atoms with Gasteiger partial charge in [0.1, 0.15) is 16.7 Å². The number of carboxylic acids is 1. The zero-order chi connectivity index (χ0) is 24.3. The van der Waals surface area contributed by atoms with E-state index in [0.717, 1.165) is 20.5 Å². The third-order valence-corrected chi connectivity index (χ3v) is 8.39. The summed E-state index contributed by atoms with van der Waals surface area (Å²) in [6.07, 6.45) is 0. The Labute approximate surface area is 196 Å². The van der Waals surface area contributed by atoms with Gasteiger partial charge in [-0.25, -0.2) is 17.5 Å². The maximum atomic E-state index is 13.9. The van der Waals surface area contributed by atoms with E-state index in [0.29, 0.717) is 34.6 Å². The summed E-state index contributed by atoms with van der Waals surface area (Å²) < 4.78 is 44.8. The van der Waals surface area contributed by atoms with E-state index in [9.17, 15) is 18.3 Å². The second kappa shape index (κ2) is 10.0. The lowest BCUT2D eigenvalue weighted by Gasteiger charge is -2.22. The minimum Gasteiger partial charge on any atom is -0.478 e. The van der Waals surface area contributed by atoms with Crippen molar-refractivity contribution in [3.63, 3.8) is 0 Å². The van der Waals surface area contributed by atoms with E-state index < -0.39 is 16.0 Å². The van der Waals surface area contributed by atoms with Crippen molar-refractivity contribution in [1.82, 2.24) is 5.16 Å². The second-order valence-corrected chi connectivity index (χ2v) is 10.8. The zero-order valence-electron chi connectivity index (χ0n) is 19.0. The molecule has 0 saturated heterocycles. The van der Waals surface area contributed by atoms with Gasteiger partial charge in [0, 0.05) is 23.1 Å². The first kappa shape index (κ1) is 24.9. The van der Waals surface area contributed by atoms with Crippen molar-refractivity contribution in [2.45, 2.75) is 31.9 Å². The van der Waals surface area contributed by atoms with Gasteiger partial charge in [-0.05, 0) is 57.0 Å². The molecular formula is C22H26N2O7S2. The molecule has 3 aromatic rings. The van der Waals surface area contributed by atoms with Gasteiger partial charge >= 0.3 is 5.97 Å². The first-order chi connectivity index (χ1) is 15.6. The number of anilines is 1. The van der Waals surface area contributed by atoms with Crippen molar-refractivity contribution in [2.75, 3.05) is 31.4 Å². The molecule has 0 aliphatic carbocycles. The van der Waals surface area contributed by atoms with Gasteiger partial charge < -0.3 is 19.1 Å². The zero-order valence-corrected chi connectivity index (χ0v) is 20.7. The highest BCUT2D eigenvalue weighted by molar-refractivity contribution is 7.95. The Kier molecular flexibility index (Phi) is 7.58. The van der Waals surface area contributed by atoms with Crippen molar-refractivity contribution < 1.29 is 32.3 Å². The number of sulfonamides is 1. The number of nitrogens with zero attached hydrogens (tertiary/aromatic N) is 2. The molecule has 0 radical (unpaired) electrons. The summed E-state index contributed by atoms with van der Waals surface area (Å²) >= 11 is 1.13. The number of thiophene rings is 1. The third kappa shape index (κ3) is 5.11. The molecule has 0 aliphatic rings. The van der Waals surface area contributed by atoms with E-state index >= 15 is 0 Å². The number of aryl methyl sites for hydroxylation is 3. The number of rotatable bonds is 10. The van der Waals surface area contributed by atoms with Crippen molar-refractivity contribution in [3.8, 4) is 11.1 Å². The normalized spacial score (nSPS) is 11.7. The summed E-state index contributed by atoms with van der Waals surface area (Å²) in [6, 6.07) is 6.40. The van der Waals surface area contributed by atoms with Crippen LogP contribution in [-0.4, -0.2) is 51.7 Å². The third-order valence-electron chi connectivity index (χ3n) is 5.12. The molecule has 0 aliphatic heterocycles. The first-order valence-corrected chi connectivity index (χ1v) is 12.3. The Hall–Kier alpha value is -2.73. The van der Waals surface area contributed by atoms with Crippen molar-refractivity contribution in [2.24, 2.45) is 0 Å². The van der Waals surface area contributed by atoms with Gasteiger partial charge in [-0.2, -0.15) is 0 Å². The van der Waals surface area contributed by atoms with Gasteiger partial charge in [0.25, 0.3) is 10.0 Å². The van der Waals surface area contributed by atoms with Crippen molar-refractivity contribution in [1.29, 1.82) is 0 Å².